The van der Waals surface area contributed by atoms with Crippen LogP contribution in [0, 0.1) is 6.92 Å². The van der Waals surface area contributed by atoms with E-state index in [0.717, 1.165) is 54.5 Å². The summed E-state index contributed by atoms with van der Waals surface area (Å²) >= 11 is 0. The number of anilines is 1. The van der Waals surface area contributed by atoms with Crippen LogP contribution in [0.25, 0.3) is 5.82 Å². The SMILES string of the molecule is CCCc1nc(N)c(C)c(-n2nc(CC)nc2CC)n1. The molecule has 2 N–H and O–H groups in total. The lowest BCUT2D eigenvalue weighted by Gasteiger charge is -2.10. The predicted molar refractivity (Wildman–Crippen MR) is 78.8 cm³/mol. The molecule has 0 fully saturated rings. The highest BCUT2D eigenvalue weighted by Gasteiger charge is 2.15. The molecule has 0 amide bonds. The van der Waals surface area contributed by atoms with E-state index in [-0.39, 0.29) is 0 Å². The normalized spacial score (nSPS) is 11.0. The Kier molecular flexibility index (Phi) is 4.32. The van der Waals surface area contributed by atoms with Crippen molar-refractivity contribution in [3.8, 4) is 5.82 Å². The van der Waals surface area contributed by atoms with Crippen LogP contribution in [-0.4, -0.2) is 24.7 Å². The van der Waals surface area contributed by atoms with Gasteiger partial charge in [0.25, 0.3) is 0 Å². The maximum Gasteiger partial charge on any atom is 0.164 e. The summed E-state index contributed by atoms with van der Waals surface area (Å²) in [6.07, 6.45) is 3.41. The summed E-state index contributed by atoms with van der Waals surface area (Å²) in [7, 11) is 0. The van der Waals surface area contributed by atoms with Gasteiger partial charge in [0.1, 0.15) is 17.5 Å². The average molecular weight is 274 g/mol. The Labute approximate surface area is 119 Å². The molecule has 2 aromatic rings. The first-order valence-corrected chi connectivity index (χ1v) is 7.18. The Hall–Kier alpha value is -1.98. The summed E-state index contributed by atoms with van der Waals surface area (Å²) in [5, 5.41) is 4.53. The molecule has 6 heteroatoms. The van der Waals surface area contributed by atoms with Crippen molar-refractivity contribution in [3.63, 3.8) is 0 Å². The third-order valence-electron chi connectivity index (χ3n) is 3.23. The molecule has 0 aliphatic carbocycles. The summed E-state index contributed by atoms with van der Waals surface area (Å²) in [6, 6.07) is 0. The molecule has 0 atom stereocenters. The van der Waals surface area contributed by atoms with Gasteiger partial charge in [0.15, 0.2) is 11.6 Å². The highest BCUT2D eigenvalue weighted by atomic mass is 15.4. The van der Waals surface area contributed by atoms with Crippen molar-refractivity contribution in [2.75, 3.05) is 5.73 Å². The molecule has 2 aromatic heterocycles. The zero-order valence-electron chi connectivity index (χ0n) is 12.6. The number of rotatable bonds is 5. The van der Waals surface area contributed by atoms with Gasteiger partial charge in [-0.3, -0.25) is 0 Å². The van der Waals surface area contributed by atoms with Crippen LogP contribution in [-0.2, 0) is 19.3 Å². The van der Waals surface area contributed by atoms with Crippen molar-refractivity contribution in [2.45, 2.75) is 53.4 Å². The highest BCUT2D eigenvalue weighted by Crippen LogP contribution is 2.18. The standard InChI is InChI=1S/C14H22N6/c1-5-8-11-17-13(15)9(4)14(18-11)20-12(7-3)16-10(6-2)19-20/h5-8H2,1-4H3,(H2,15,17,18). The lowest BCUT2D eigenvalue weighted by Crippen LogP contribution is -2.12. The lowest BCUT2D eigenvalue weighted by molar-refractivity contribution is 0.738. The van der Waals surface area contributed by atoms with Crippen molar-refractivity contribution in [3.05, 3.63) is 23.0 Å². The van der Waals surface area contributed by atoms with Crippen molar-refractivity contribution >= 4 is 5.82 Å². The van der Waals surface area contributed by atoms with Crippen molar-refractivity contribution in [1.29, 1.82) is 0 Å². The van der Waals surface area contributed by atoms with Crippen molar-refractivity contribution < 1.29 is 0 Å². The van der Waals surface area contributed by atoms with Crippen LogP contribution in [0.5, 0.6) is 0 Å². The van der Waals surface area contributed by atoms with E-state index in [2.05, 4.69) is 33.9 Å². The van der Waals surface area contributed by atoms with E-state index in [1.165, 1.54) is 0 Å². The smallest absolute Gasteiger partial charge is 0.164 e. The summed E-state index contributed by atoms with van der Waals surface area (Å²) < 4.78 is 1.81. The van der Waals surface area contributed by atoms with E-state index >= 15 is 0 Å². The molecule has 0 spiro atoms. The molecule has 20 heavy (non-hydrogen) atoms. The van der Waals surface area contributed by atoms with Crippen molar-refractivity contribution in [1.82, 2.24) is 24.7 Å². The Balaban J connectivity index is 2.58. The van der Waals surface area contributed by atoms with Gasteiger partial charge in [-0.1, -0.05) is 20.8 Å². The molecule has 0 radical (unpaired) electrons. The summed E-state index contributed by atoms with van der Waals surface area (Å²) in [6.45, 7) is 8.13. The Bertz CT molecular complexity index is 602. The van der Waals surface area contributed by atoms with Gasteiger partial charge in [-0.2, -0.15) is 4.68 Å². The number of aryl methyl sites for hydroxylation is 3. The number of nitrogens with zero attached hydrogens (tertiary/aromatic N) is 5. The van der Waals surface area contributed by atoms with Crippen LogP contribution in [0.15, 0.2) is 0 Å². The predicted octanol–water partition coefficient (Wildman–Crippen LogP) is 2.03. The summed E-state index contributed by atoms with van der Waals surface area (Å²) in [4.78, 5) is 13.5. The first-order valence-electron chi connectivity index (χ1n) is 7.18. The van der Waals surface area contributed by atoms with E-state index in [4.69, 9.17) is 5.73 Å². The largest absolute Gasteiger partial charge is 0.383 e. The molecule has 108 valence electrons. The first kappa shape index (κ1) is 14.4. The molecule has 2 rings (SSSR count). The topological polar surface area (TPSA) is 82.5 Å². The second-order valence-electron chi connectivity index (χ2n) is 4.79. The van der Waals surface area contributed by atoms with Gasteiger partial charge < -0.3 is 5.73 Å². The maximum absolute atomic E-state index is 6.01. The molecule has 0 aliphatic rings. The fourth-order valence-corrected chi connectivity index (χ4v) is 2.05. The maximum atomic E-state index is 6.01. The molecule has 0 saturated heterocycles. The molecular weight excluding hydrogens is 252 g/mol. The van der Waals surface area contributed by atoms with Gasteiger partial charge >= 0.3 is 0 Å². The number of aromatic nitrogens is 5. The lowest BCUT2D eigenvalue weighted by atomic mass is 10.2. The molecule has 0 unspecified atom stereocenters. The van der Waals surface area contributed by atoms with E-state index in [9.17, 15) is 0 Å². The first-order chi connectivity index (χ1) is 9.60. The molecular formula is C14H22N6. The van der Waals surface area contributed by atoms with Crippen LogP contribution < -0.4 is 5.73 Å². The fourth-order valence-electron chi connectivity index (χ4n) is 2.05. The van der Waals surface area contributed by atoms with E-state index in [1.807, 2.05) is 18.5 Å². The van der Waals surface area contributed by atoms with Gasteiger partial charge in [-0.05, 0) is 13.3 Å². The Morgan fingerprint density at radius 2 is 1.75 bits per heavy atom. The average Bonchev–Trinajstić information content (AvgIpc) is 2.86. The van der Waals surface area contributed by atoms with E-state index in [0.29, 0.717) is 5.82 Å². The second-order valence-corrected chi connectivity index (χ2v) is 4.79. The van der Waals surface area contributed by atoms with E-state index < -0.39 is 0 Å². The van der Waals surface area contributed by atoms with Gasteiger partial charge in [-0.25, -0.2) is 15.0 Å². The van der Waals surface area contributed by atoms with Gasteiger partial charge in [0.05, 0.1) is 0 Å². The minimum absolute atomic E-state index is 0.522. The van der Waals surface area contributed by atoms with Gasteiger partial charge in [-0.15, -0.1) is 5.10 Å². The van der Waals surface area contributed by atoms with Crippen molar-refractivity contribution in [2.24, 2.45) is 0 Å². The molecule has 6 nitrogen and oxygen atoms in total. The molecule has 2 heterocycles. The number of nitrogen functional groups attached to an aromatic ring is 1. The molecule has 0 aromatic carbocycles. The summed E-state index contributed by atoms with van der Waals surface area (Å²) in [5.41, 5.74) is 6.86. The monoisotopic (exact) mass is 274 g/mol. The Morgan fingerprint density at radius 3 is 2.35 bits per heavy atom. The second kappa shape index (κ2) is 5.98. The Morgan fingerprint density at radius 1 is 1.00 bits per heavy atom. The fraction of sp³-hybridized carbons (Fsp3) is 0.571. The van der Waals surface area contributed by atoms with Crippen LogP contribution in [0.3, 0.4) is 0 Å². The van der Waals surface area contributed by atoms with Crippen LogP contribution >= 0.6 is 0 Å². The molecule has 0 aliphatic heterocycles. The van der Waals surface area contributed by atoms with Gasteiger partial charge in [0.2, 0.25) is 0 Å². The quantitative estimate of drug-likeness (QED) is 0.902. The number of nitrogens with two attached hydrogens (primary N) is 1. The zero-order chi connectivity index (χ0) is 14.7. The van der Waals surface area contributed by atoms with Crippen LogP contribution in [0.2, 0.25) is 0 Å². The minimum Gasteiger partial charge on any atom is -0.383 e. The molecule has 0 bridgehead atoms. The third kappa shape index (κ3) is 2.64. The number of hydrogen-bond acceptors (Lipinski definition) is 5. The highest BCUT2D eigenvalue weighted by molar-refractivity contribution is 5.48. The van der Waals surface area contributed by atoms with Crippen LogP contribution in [0.4, 0.5) is 5.82 Å². The number of hydrogen-bond donors (Lipinski definition) is 1. The van der Waals surface area contributed by atoms with Gasteiger partial charge in [0, 0.05) is 24.8 Å². The van der Waals surface area contributed by atoms with Crippen LogP contribution in [0.1, 0.15) is 50.2 Å². The minimum atomic E-state index is 0.522. The van der Waals surface area contributed by atoms with E-state index in [1.54, 1.807) is 0 Å². The zero-order valence-corrected chi connectivity index (χ0v) is 12.6. The third-order valence-corrected chi connectivity index (χ3v) is 3.23. The molecule has 0 saturated carbocycles. The summed E-state index contributed by atoms with van der Waals surface area (Å²) in [5.74, 6) is 3.78.